The summed E-state index contributed by atoms with van der Waals surface area (Å²) in [4.78, 5) is 12.0. The van der Waals surface area contributed by atoms with Crippen LogP contribution >= 0.6 is 22.6 Å². The summed E-state index contributed by atoms with van der Waals surface area (Å²) in [7, 11) is 0. The van der Waals surface area contributed by atoms with Crippen LogP contribution < -0.4 is 5.32 Å². The number of hydrogen-bond donors (Lipinski definition) is 2. The lowest BCUT2D eigenvalue weighted by molar-refractivity contribution is -0.115. The number of halogens is 1. The number of H-pyrrole nitrogens is 1. The molecular formula is C14H14IN3O. The summed E-state index contributed by atoms with van der Waals surface area (Å²) in [6, 6.07) is 7.98. The second kappa shape index (κ2) is 5.32. The number of hydrogen-bond acceptors (Lipinski definition) is 2. The first-order valence-corrected chi connectivity index (χ1v) is 7.40. The highest BCUT2D eigenvalue weighted by Gasteiger charge is 2.19. The highest BCUT2D eigenvalue weighted by atomic mass is 127. The van der Waals surface area contributed by atoms with Crippen molar-refractivity contribution < 1.29 is 4.79 Å². The number of aryl methyl sites for hydroxylation is 1. The van der Waals surface area contributed by atoms with Crippen molar-refractivity contribution in [1.29, 1.82) is 0 Å². The van der Waals surface area contributed by atoms with E-state index >= 15 is 0 Å². The molecule has 5 heteroatoms. The van der Waals surface area contributed by atoms with Gasteiger partial charge in [-0.1, -0.05) is 12.1 Å². The lowest BCUT2D eigenvalue weighted by Gasteiger charge is -2.04. The Kier molecular flexibility index (Phi) is 3.54. The summed E-state index contributed by atoms with van der Waals surface area (Å²) >= 11 is 2.25. The molecule has 0 unspecified atom stereocenters. The van der Waals surface area contributed by atoms with Gasteiger partial charge in [-0.05, 0) is 59.5 Å². The van der Waals surface area contributed by atoms with Gasteiger partial charge >= 0.3 is 0 Å². The minimum Gasteiger partial charge on any atom is -0.309 e. The molecule has 0 aliphatic heterocycles. The first-order valence-electron chi connectivity index (χ1n) is 6.33. The third-order valence-corrected chi connectivity index (χ3v) is 4.06. The molecule has 3 rings (SSSR count). The fourth-order valence-electron chi connectivity index (χ4n) is 2.39. The van der Waals surface area contributed by atoms with E-state index in [2.05, 4.69) is 38.1 Å². The molecule has 98 valence electrons. The van der Waals surface area contributed by atoms with Crippen molar-refractivity contribution in [3.8, 4) is 0 Å². The van der Waals surface area contributed by atoms with Crippen LogP contribution in [0.4, 0.5) is 5.82 Å². The minimum absolute atomic E-state index is 0.0117. The normalized spacial score (nSPS) is 13.3. The van der Waals surface area contributed by atoms with Gasteiger partial charge in [-0.2, -0.15) is 5.10 Å². The van der Waals surface area contributed by atoms with E-state index in [1.807, 2.05) is 24.3 Å². The van der Waals surface area contributed by atoms with Crippen molar-refractivity contribution in [1.82, 2.24) is 10.2 Å². The topological polar surface area (TPSA) is 57.8 Å². The number of aromatic amines is 1. The van der Waals surface area contributed by atoms with E-state index in [-0.39, 0.29) is 5.91 Å². The zero-order valence-electron chi connectivity index (χ0n) is 10.4. The fourth-order valence-corrected chi connectivity index (χ4v) is 2.75. The summed E-state index contributed by atoms with van der Waals surface area (Å²) in [5.41, 5.74) is 3.37. The molecule has 0 atom stereocenters. The molecule has 1 aromatic carbocycles. The van der Waals surface area contributed by atoms with E-state index in [9.17, 15) is 4.79 Å². The smallest absolute Gasteiger partial charge is 0.230 e. The highest BCUT2D eigenvalue weighted by Crippen LogP contribution is 2.26. The van der Waals surface area contributed by atoms with Gasteiger partial charge in [-0.15, -0.1) is 0 Å². The van der Waals surface area contributed by atoms with Crippen molar-refractivity contribution in [3.63, 3.8) is 0 Å². The predicted molar refractivity (Wildman–Crippen MR) is 82.1 cm³/mol. The van der Waals surface area contributed by atoms with Crippen molar-refractivity contribution in [3.05, 3.63) is 44.7 Å². The number of rotatable bonds is 3. The van der Waals surface area contributed by atoms with Crippen LogP contribution in [0, 0.1) is 3.57 Å². The Balaban J connectivity index is 1.66. The van der Waals surface area contributed by atoms with E-state index in [1.165, 1.54) is 14.8 Å². The van der Waals surface area contributed by atoms with Crippen LogP contribution in [-0.2, 0) is 24.1 Å². The van der Waals surface area contributed by atoms with Gasteiger partial charge in [-0.3, -0.25) is 9.89 Å². The zero-order chi connectivity index (χ0) is 13.2. The van der Waals surface area contributed by atoms with E-state index in [4.69, 9.17) is 0 Å². The maximum atomic E-state index is 12.0. The number of nitrogens with one attached hydrogen (secondary N) is 2. The molecule has 1 amide bonds. The van der Waals surface area contributed by atoms with Crippen LogP contribution in [0.2, 0.25) is 0 Å². The largest absolute Gasteiger partial charge is 0.309 e. The Morgan fingerprint density at radius 1 is 1.32 bits per heavy atom. The summed E-state index contributed by atoms with van der Waals surface area (Å²) in [5, 5.41) is 10.1. The van der Waals surface area contributed by atoms with Crippen LogP contribution in [0.25, 0.3) is 0 Å². The maximum Gasteiger partial charge on any atom is 0.230 e. The second-order valence-electron chi connectivity index (χ2n) is 4.73. The van der Waals surface area contributed by atoms with Gasteiger partial charge in [0, 0.05) is 14.8 Å². The predicted octanol–water partition coefficient (Wildman–Crippen LogP) is 2.68. The van der Waals surface area contributed by atoms with Gasteiger partial charge in [0.05, 0.1) is 6.42 Å². The molecule has 0 radical (unpaired) electrons. The molecule has 19 heavy (non-hydrogen) atoms. The standard InChI is InChI=1S/C14H14IN3O/c15-10-6-4-9(5-7-10)8-13(19)16-14-11-2-1-3-12(11)17-18-14/h4-7H,1-3,8H2,(H2,16,17,18,19). The molecule has 4 nitrogen and oxygen atoms in total. The number of carbonyl (C=O) groups excluding carboxylic acids is 1. The Morgan fingerprint density at radius 2 is 2.11 bits per heavy atom. The average molecular weight is 367 g/mol. The van der Waals surface area contributed by atoms with Crippen LogP contribution in [0.1, 0.15) is 23.2 Å². The van der Waals surface area contributed by atoms with Gasteiger partial charge < -0.3 is 5.32 Å². The van der Waals surface area contributed by atoms with Crippen LogP contribution in [0.5, 0.6) is 0 Å². The Labute approximate surface area is 125 Å². The second-order valence-corrected chi connectivity index (χ2v) is 5.98. The van der Waals surface area contributed by atoms with Gasteiger partial charge in [-0.25, -0.2) is 0 Å². The third kappa shape index (κ3) is 2.80. The Morgan fingerprint density at radius 3 is 2.89 bits per heavy atom. The summed E-state index contributed by atoms with van der Waals surface area (Å²) < 4.78 is 1.17. The SMILES string of the molecule is O=C(Cc1ccc(I)cc1)Nc1n[nH]c2c1CCC2. The number of carbonyl (C=O) groups is 1. The zero-order valence-corrected chi connectivity index (χ0v) is 12.5. The third-order valence-electron chi connectivity index (χ3n) is 3.34. The number of benzene rings is 1. The van der Waals surface area contributed by atoms with Crippen LogP contribution in [0.15, 0.2) is 24.3 Å². The van der Waals surface area contributed by atoms with Crippen molar-refractivity contribution >= 4 is 34.3 Å². The van der Waals surface area contributed by atoms with E-state index in [1.54, 1.807) is 0 Å². The number of anilines is 1. The highest BCUT2D eigenvalue weighted by molar-refractivity contribution is 14.1. The van der Waals surface area contributed by atoms with E-state index in [0.29, 0.717) is 12.2 Å². The number of fused-ring (bicyclic) bond motifs is 1. The van der Waals surface area contributed by atoms with Crippen molar-refractivity contribution in [2.24, 2.45) is 0 Å². The molecular weight excluding hydrogens is 353 g/mol. The Bertz CT molecular complexity index is 604. The van der Waals surface area contributed by atoms with Crippen LogP contribution in [-0.4, -0.2) is 16.1 Å². The number of aromatic nitrogens is 2. The number of nitrogens with zero attached hydrogens (tertiary/aromatic N) is 1. The first-order chi connectivity index (χ1) is 9.22. The molecule has 1 aliphatic carbocycles. The molecule has 2 aromatic rings. The molecule has 2 N–H and O–H groups in total. The van der Waals surface area contributed by atoms with Crippen LogP contribution in [0.3, 0.4) is 0 Å². The van der Waals surface area contributed by atoms with Gasteiger partial charge in [0.1, 0.15) is 0 Å². The molecule has 0 fully saturated rings. The summed E-state index contributed by atoms with van der Waals surface area (Å²) in [6.45, 7) is 0. The molecule has 0 bridgehead atoms. The van der Waals surface area contributed by atoms with Gasteiger partial charge in [0.2, 0.25) is 5.91 Å². The molecule has 1 aliphatic rings. The summed E-state index contributed by atoms with van der Waals surface area (Å²) in [5.74, 6) is 0.699. The minimum atomic E-state index is -0.0117. The number of amides is 1. The molecule has 0 spiro atoms. The van der Waals surface area contributed by atoms with Gasteiger partial charge in [0.25, 0.3) is 0 Å². The van der Waals surface area contributed by atoms with Crippen molar-refractivity contribution in [2.45, 2.75) is 25.7 Å². The Hall–Kier alpha value is -1.37. The van der Waals surface area contributed by atoms with E-state index < -0.39 is 0 Å². The lowest BCUT2D eigenvalue weighted by atomic mass is 10.1. The maximum absolute atomic E-state index is 12.0. The monoisotopic (exact) mass is 367 g/mol. The average Bonchev–Trinajstić information content (AvgIpc) is 2.97. The van der Waals surface area contributed by atoms with Gasteiger partial charge in [0.15, 0.2) is 5.82 Å². The van der Waals surface area contributed by atoms with Crippen molar-refractivity contribution in [2.75, 3.05) is 5.32 Å². The summed E-state index contributed by atoms with van der Waals surface area (Å²) in [6.07, 6.45) is 3.57. The quantitative estimate of drug-likeness (QED) is 0.820. The fraction of sp³-hybridized carbons (Fsp3) is 0.286. The molecule has 1 heterocycles. The lowest BCUT2D eigenvalue weighted by Crippen LogP contribution is -2.15. The molecule has 0 saturated heterocycles. The first kappa shape index (κ1) is 12.7. The molecule has 1 aromatic heterocycles. The molecule has 0 saturated carbocycles. The van der Waals surface area contributed by atoms with E-state index in [0.717, 1.165) is 24.8 Å².